The second-order valence-electron chi connectivity index (χ2n) is 2.69. The van der Waals surface area contributed by atoms with Gasteiger partial charge in [-0.05, 0) is 6.92 Å². The minimum atomic E-state index is 0. The summed E-state index contributed by atoms with van der Waals surface area (Å²) in [5, 5.41) is 11.1. The van der Waals surface area contributed by atoms with Crippen LogP contribution in [0.1, 0.15) is 12.6 Å². The van der Waals surface area contributed by atoms with E-state index in [0.717, 1.165) is 13.1 Å². The molecule has 1 unspecified atom stereocenters. The van der Waals surface area contributed by atoms with Crippen LogP contribution in [0.5, 0.6) is 0 Å². The highest BCUT2D eigenvalue weighted by molar-refractivity contribution is 5.85. The van der Waals surface area contributed by atoms with Crippen LogP contribution < -0.4 is 5.32 Å². The lowest BCUT2D eigenvalue weighted by atomic mass is 10.2. The third-order valence-corrected chi connectivity index (χ3v) is 1.78. The lowest BCUT2D eigenvalue weighted by Crippen LogP contribution is -2.36. The molecule has 0 spiro atoms. The summed E-state index contributed by atoms with van der Waals surface area (Å²) in [5.41, 5.74) is 1.18. The molecule has 5 heteroatoms. The number of hydrogen-bond acceptors (Lipinski definition) is 3. The molecule has 62 valence electrons. The Kier molecular flexibility index (Phi) is 2.46. The van der Waals surface area contributed by atoms with Crippen LogP contribution in [0.2, 0.25) is 0 Å². The van der Waals surface area contributed by atoms with E-state index in [-0.39, 0.29) is 12.4 Å². The third-order valence-electron chi connectivity index (χ3n) is 1.78. The summed E-state index contributed by atoms with van der Waals surface area (Å²) in [4.78, 5) is 0. The van der Waals surface area contributed by atoms with Crippen LogP contribution in [0.3, 0.4) is 0 Å². The molecule has 1 atom stereocenters. The lowest BCUT2D eigenvalue weighted by Gasteiger charge is -2.20. The largest absolute Gasteiger partial charge is 0.307 e. The number of nitrogens with one attached hydrogen (secondary N) is 1. The van der Waals surface area contributed by atoms with Crippen molar-refractivity contribution in [2.24, 2.45) is 0 Å². The Hall–Kier alpha value is -0.610. The summed E-state index contributed by atoms with van der Waals surface area (Å²) in [6, 6.07) is 0.522. The van der Waals surface area contributed by atoms with Crippen LogP contribution in [0.25, 0.3) is 0 Å². The van der Waals surface area contributed by atoms with Crippen molar-refractivity contribution in [3.8, 4) is 0 Å². The molecular formula is C6H11ClN4. The van der Waals surface area contributed by atoms with E-state index in [1.165, 1.54) is 5.69 Å². The molecule has 1 aliphatic heterocycles. The first-order valence-corrected chi connectivity index (χ1v) is 3.47. The van der Waals surface area contributed by atoms with Gasteiger partial charge in [-0.2, -0.15) is 0 Å². The fourth-order valence-electron chi connectivity index (χ4n) is 1.17. The summed E-state index contributed by atoms with van der Waals surface area (Å²) in [6.45, 7) is 3.98. The number of fused-ring (bicyclic) bond motifs is 1. The SMILES string of the molecule is CC1Cn2nncc2CN1.Cl. The van der Waals surface area contributed by atoms with Gasteiger partial charge in [-0.15, -0.1) is 17.5 Å². The van der Waals surface area contributed by atoms with E-state index in [1.807, 2.05) is 4.68 Å². The molecular weight excluding hydrogens is 164 g/mol. The molecule has 0 saturated heterocycles. The van der Waals surface area contributed by atoms with Gasteiger partial charge in [0.1, 0.15) is 0 Å². The lowest BCUT2D eigenvalue weighted by molar-refractivity contribution is 0.384. The van der Waals surface area contributed by atoms with Crippen LogP contribution in [0.15, 0.2) is 6.20 Å². The van der Waals surface area contributed by atoms with Crippen molar-refractivity contribution < 1.29 is 0 Å². The van der Waals surface area contributed by atoms with Crippen molar-refractivity contribution >= 4 is 12.4 Å². The normalized spacial score (nSPS) is 22.1. The molecule has 4 nitrogen and oxygen atoms in total. The van der Waals surface area contributed by atoms with E-state index in [4.69, 9.17) is 0 Å². The standard InChI is InChI=1S/C6H10N4.ClH/c1-5-4-10-6(2-7-5)3-8-9-10;/h3,5,7H,2,4H2,1H3;1H. The van der Waals surface area contributed by atoms with Crippen molar-refractivity contribution in [1.29, 1.82) is 0 Å². The Morgan fingerprint density at radius 1 is 1.73 bits per heavy atom. The van der Waals surface area contributed by atoms with Gasteiger partial charge in [-0.1, -0.05) is 5.21 Å². The van der Waals surface area contributed by atoms with Crippen molar-refractivity contribution in [3.05, 3.63) is 11.9 Å². The number of hydrogen-bond donors (Lipinski definition) is 1. The summed E-state index contributed by atoms with van der Waals surface area (Å²) in [6.07, 6.45) is 1.80. The smallest absolute Gasteiger partial charge is 0.0738 e. The van der Waals surface area contributed by atoms with E-state index in [1.54, 1.807) is 6.20 Å². The van der Waals surface area contributed by atoms with Gasteiger partial charge in [0.15, 0.2) is 0 Å². The van der Waals surface area contributed by atoms with Crippen LogP contribution in [-0.2, 0) is 13.1 Å². The molecule has 0 saturated carbocycles. The zero-order valence-corrected chi connectivity index (χ0v) is 7.14. The second kappa shape index (κ2) is 3.19. The first-order chi connectivity index (χ1) is 4.86. The highest BCUT2D eigenvalue weighted by Crippen LogP contribution is 2.03. The van der Waals surface area contributed by atoms with Gasteiger partial charge in [0, 0.05) is 12.6 Å². The summed E-state index contributed by atoms with van der Waals surface area (Å²) >= 11 is 0. The Labute approximate surface area is 71.4 Å². The molecule has 1 aromatic heterocycles. The van der Waals surface area contributed by atoms with Crippen molar-refractivity contribution in [2.45, 2.75) is 26.1 Å². The second-order valence-corrected chi connectivity index (χ2v) is 2.69. The molecule has 1 N–H and O–H groups in total. The zero-order chi connectivity index (χ0) is 6.97. The summed E-state index contributed by atoms with van der Waals surface area (Å²) in [7, 11) is 0. The Morgan fingerprint density at radius 2 is 2.55 bits per heavy atom. The predicted octanol–water partition coefficient (Wildman–Crippen LogP) is 0.192. The Bertz CT molecular complexity index is 234. The maximum absolute atomic E-state index is 3.93. The first kappa shape index (κ1) is 8.49. The van der Waals surface area contributed by atoms with Crippen LogP contribution in [0.4, 0.5) is 0 Å². The average molecular weight is 175 g/mol. The zero-order valence-electron chi connectivity index (χ0n) is 6.32. The predicted molar refractivity (Wildman–Crippen MR) is 43.6 cm³/mol. The molecule has 0 aromatic carbocycles. The maximum atomic E-state index is 3.93. The molecule has 1 aromatic rings. The van der Waals surface area contributed by atoms with Crippen molar-refractivity contribution in [3.63, 3.8) is 0 Å². The number of halogens is 1. The number of rotatable bonds is 0. The van der Waals surface area contributed by atoms with Gasteiger partial charge >= 0.3 is 0 Å². The van der Waals surface area contributed by atoms with Gasteiger partial charge in [-0.25, -0.2) is 4.68 Å². The van der Waals surface area contributed by atoms with Crippen LogP contribution in [0, 0.1) is 0 Å². The number of aromatic nitrogens is 3. The van der Waals surface area contributed by atoms with E-state index < -0.39 is 0 Å². The molecule has 2 heterocycles. The molecule has 1 aliphatic rings. The van der Waals surface area contributed by atoms with E-state index in [0.29, 0.717) is 6.04 Å². The van der Waals surface area contributed by atoms with E-state index >= 15 is 0 Å². The molecule has 0 aliphatic carbocycles. The molecule has 0 radical (unpaired) electrons. The Morgan fingerprint density at radius 3 is 3.36 bits per heavy atom. The van der Waals surface area contributed by atoms with Crippen LogP contribution >= 0.6 is 12.4 Å². The first-order valence-electron chi connectivity index (χ1n) is 3.47. The Balaban J connectivity index is 0.000000605. The van der Waals surface area contributed by atoms with Gasteiger partial charge in [0.25, 0.3) is 0 Å². The number of nitrogens with zero attached hydrogens (tertiary/aromatic N) is 3. The molecule has 11 heavy (non-hydrogen) atoms. The molecule has 0 amide bonds. The van der Waals surface area contributed by atoms with E-state index in [2.05, 4.69) is 22.6 Å². The minimum Gasteiger partial charge on any atom is -0.307 e. The quantitative estimate of drug-likeness (QED) is 0.611. The fourth-order valence-corrected chi connectivity index (χ4v) is 1.17. The van der Waals surface area contributed by atoms with Crippen molar-refractivity contribution in [2.75, 3.05) is 0 Å². The van der Waals surface area contributed by atoms with Crippen LogP contribution in [-0.4, -0.2) is 21.0 Å². The highest BCUT2D eigenvalue weighted by atomic mass is 35.5. The summed E-state index contributed by atoms with van der Waals surface area (Å²) in [5.74, 6) is 0. The monoisotopic (exact) mass is 174 g/mol. The summed E-state index contributed by atoms with van der Waals surface area (Å²) < 4.78 is 1.95. The fraction of sp³-hybridized carbons (Fsp3) is 0.667. The molecule has 0 fully saturated rings. The topological polar surface area (TPSA) is 42.7 Å². The molecule has 0 bridgehead atoms. The minimum absolute atomic E-state index is 0. The molecule has 2 rings (SSSR count). The third kappa shape index (κ3) is 1.52. The highest BCUT2D eigenvalue weighted by Gasteiger charge is 2.13. The maximum Gasteiger partial charge on any atom is 0.0738 e. The van der Waals surface area contributed by atoms with Crippen molar-refractivity contribution in [1.82, 2.24) is 20.3 Å². The van der Waals surface area contributed by atoms with Gasteiger partial charge in [0.05, 0.1) is 18.4 Å². The van der Waals surface area contributed by atoms with E-state index in [9.17, 15) is 0 Å². The average Bonchev–Trinajstić information content (AvgIpc) is 2.33. The van der Waals surface area contributed by atoms with Gasteiger partial charge < -0.3 is 5.32 Å². The van der Waals surface area contributed by atoms with Gasteiger partial charge in [-0.3, -0.25) is 0 Å². The van der Waals surface area contributed by atoms with Gasteiger partial charge in [0.2, 0.25) is 0 Å².